The largest absolute Gasteiger partial charge is 0.447 e. The first-order chi connectivity index (χ1) is 8.86. The van der Waals surface area contributed by atoms with Crippen LogP contribution in [0.15, 0.2) is 26.1 Å². The molecule has 0 aliphatic rings. The van der Waals surface area contributed by atoms with Crippen molar-refractivity contribution in [2.75, 3.05) is 0 Å². The second kappa shape index (κ2) is 5.16. The summed E-state index contributed by atoms with van der Waals surface area (Å²) < 4.78 is 32.5. The molecule has 3 N–H and O–H groups in total. The zero-order valence-corrected chi connectivity index (χ0v) is 11.5. The number of hydrogen-bond donors (Lipinski definition) is 2. The van der Waals surface area contributed by atoms with Gasteiger partial charge < -0.3 is 14.2 Å². The first-order valence-corrected chi connectivity index (χ1v) is 7.16. The summed E-state index contributed by atoms with van der Waals surface area (Å²) in [7, 11) is -3.79. The minimum absolute atomic E-state index is 0.243. The van der Waals surface area contributed by atoms with E-state index in [2.05, 4.69) is 10.3 Å². The van der Waals surface area contributed by atoms with Crippen LogP contribution in [0.5, 0.6) is 0 Å². The number of aromatic nitrogens is 1. The molecule has 0 amide bonds. The van der Waals surface area contributed by atoms with Gasteiger partial charge >= 0.3 is 0 Å². The molecule has 0 aliphatic carbocycles. The second-order valence-electron chi connectivity index (χ2n) is 4.12. The molecule has 2 heterocycles. The molecule has 0 spiro atoms. The third-order valence-corrected chi connectivity index (χ3v) is 3.35. The predicted molar refractivity (Wildman–Crippen MR) is 66.6 cm³/mol. The van der Waals surface area contributed by atoms with E-state index in [4.69, 9.17) is 14.0 Å². The molecule has 0 aliphatic heterocycles. The van der Waals surface area contributed by atoms with Crippen molar-refractivity contribution in [2.24, 2.45) is 5.14 Å². The lowest BCUT2D eigenvalue weighted by molar-refractivity contribution is 0.391. The SMILES string of the molecule is Cc1nc(CNCc2ccc(S(N)(=O)=O)o2)oc1C. The summed E-state index contributed by atoms with van der Waals surface area (Å²) in [4.78, 5) is 4.21. The van der Waals surface area contributed by atoms with E-state index in [1.54, 1.807) is 6.07 Å². The Kier molecular flexibility index (Phi) is 3.74. The van der Waals surface area contributed by atoms with E-state index in [0.717, 1.165) is 11.5 Å². The lowest BCUT2D eigenvalue weighted by Gasteiger charge is -1.98. The van der Waals surface area contributed by atoms with Crippen molar-refractivity contribution in [2.45, 2.75) is 32.0 Å². The van der Waals surface area contributed by atoms with Gasteiger partial charge in [0.05, 0.1) is 18.8 Å². The van der Waals surface area contributed by atoms with E-state index in [1.807, 2.05) is 13.8 Å². The van der Waals surface area contributed by atoms with Crippen LogP contribution >= 0.6 is 0 Å². The van der Waals surface area contributed by atoms with Gasteiger partial charge in [0, 0.05) is 0 Å². The van der Waals surface area contributed by atoms with Gasteiger partial charge in [0.1, 0.15) is 11.5 Å². The molecule has 2 aromatic heterocycles. The van der Waals surface area contributed by atoms with Gasteiger partial charge in [-0.1, -0.05) is 0 Å². The van der Waals surface area contributed by atoms with Gasteiger partial charge in [0.15, 0.2) is 0 Å². The van der Waals surface area contributed by atoms with Crippen molar-refractivity contribution in [3.8, 4) is 0 Å². The summed E-state index contributed by atoms with van der Waals surface area (Å²) in [5.74, 6) is 1.84. The minimum Gasteiger partial charge on any atom is -0.447 e. The molecule has 0 aromatic carbocycles. The van der Waals surface area contributed by atoms with E-state index in [9.17, 15) is 8.42 Å². The van der Waals surface area contributed by atoms with Crippen molar-refractivity contribution >= 4 is 10.0 Å². The number of rotatable bonds is 5. The van der Waals surface area contributed by atoms with Crippen molar-refractivity contribution < 1.29 is 17.3 Å². The van der Waals surface area contributed by atoms with E-state index in [1.165, 1.54) is 6.07 Å². The van der Waals surface area contributed by atoms with Crippen molar-refractivity contribution in [1.82, 2.24) is 10.3 Å². The van der Waals surface area contributed by atoms with Gasteiger partial charge in [-0.25, -0.2) is 18.5 Å². The second-order valence-corrected chi connectivity index (χ2v) is 5.61. The van der Waals surface area contributed by atoms with Crippen LogP contribution in [-0.4, -0.2) is 13.4 Å². The fourth-order valence-corrected chi connectivity index (χ4v) is 1.99. The molecule has 0 saturated carbocycles. The third kappa shape index (κ3) is 3.43. The Hall–Kier alpha value is -1.64. The third-order valence-electron chi connectivity index (χ3n) is 2.57. The van der Waals surface area contributed by atoms with Crippen LogP contribution in [0.4, 0.5) is 0 Å². The number of aryl methyl sites for hydroxylation is 2. The molecule has 0 saturated heterocycles. The lowest BCUT2D eigenvalue weighted by atomic mass is 10.4. The molecule has 19 heavy (non-hydrogen) atoms. The minimum atomic E-state index is -3.79. The molecule has 8 heteroatoms. The molecular formula is C11H15N3O4S. The van der Waals surface area contributed by atoms with Gasteiger partial charge in [-0.2, -0.15) is 0 Å². The molecule has 104 valence electrons. The number of nitrogens with two attached hydrogens (primary N) is 1. The Morgan fingerprint density at radius 2 is 2.00 bits per heavy atom. The highest BCUT2D eigenvalue weighted by atomic mass is 32.2. The van der Waals surface area contributed by atoms with Gasteiger partial charge in [0.25, 0.3) is 10.0 Å². The van der Waals surface area contributed by atoms with Gasteiger partial charge in [-0.05, 0) is 26.0 Å². The number of primary sulfonamides is 1. The van der Waals surface area contributed by atoms with E-state index >= 15 is 0 Å². The number of nitrogens with zero attached hydrogens (tertiary/aromatic N) is 1. The summed E-state index contributed by atoms with van der Waals surface area (Å²) >= 11 is 0. The predicted octanol–water partition coefficient (Wildman–Crippen LogP) is 0.822. The standard InChI is InChI=1S/C11H15N3O4S/c1-7-8(2)17-10(14-7)6-13-5-9-3-4-11(18-9)19(12,15)16/h3-4,13H,5-6H2,1-2H3,(H2,12,15,16). The average Bonchev–Trinajstić information content (AvgIpc) is 2.87. The maximum absolute atomic E-state index is 11.0. The Morgan fingerprint density at radius 1 is 1.26 bits per heavy atom. The molecule has 2 aromatic rings. The molecule has 0 unspecified atom stereocenters. The smallest absolute Gasteiger partial charge is 0.271 e. The van der Waals surface area contributed by atoms with Crippen LogP contribution in [-0.2, 0) is 23.1 Å². The van der Waals surface area contributed by atoms with E-state index in [0.29, 0.717) is 24.7 Å². The number of nitrogens with one attached hydrogen (secondary N) is 1. The Morgan fingerprint density at radius 3 is 2.53 bits per heavy atom. The van der Waals surface area contributed by atoms with Gasteiger partial charge in [-0.3, -0.25) is 0 Å². The Balaban J connectivity index is 1.91. The summed E-state index contributed by atoms with van der Waals surface area (Å²) in [5.41, 5.74) is 0.853. The zero-order valence-electron chi connectivity index (χ0n) is 10.6. The van der Waals surface area contributed by atoms with Crippen molar-refractivity contribution in [3.05, 3.63) is 35.2 Å². The monoisotopic (exact) mass is 285 g/mol. The molecule has 7 nitrogen and oxygen atoms in total. The zero-order chi connectivity index (χ0) is 14.0. The number of oxazole rings is 1. The van der Waals surface area contributed by atoms with Gasteiger partial charge in [0.2, 0.25) is 11.0 Å². The molecule has 2 rings (SSSR count). The van der Waals surface area contributed by atoms with Crippen LogP contribution < -0.4 is 10.5 Å². The Bertz CT molecular complexity index is 652. The number of sulfonamides is 1. The van der Waals surface area contributed by atoms with Crippen LogP contribution in [0.25, 0.3) is 0 Å². The maximum atomic E-state index is 11.0. The van der Waals surface area contributed by atoms with Crippen LogP contribution in [0.3, 0.4) is 0 Å². The summed E-state index contributed by atoms with van der Waals surface area (Å²) in [5, 5.41) is 7.74. The summed E-state index contributed by atoms with van der Waals surface area (Å²) in [6.45, 7) is 4.50. The fourth-order valence-electron chi connectivity index (χ4n) is 1.51. The highest BCUT2D eigenvalue weighted by molar-refractivity contribution is 7.89. The van der Waals surface area contributed by atoms with Crippen LogP contribution in [0.1, 0.15) is 23.1 Å². The van der Waals surface area contributed by atoms with E-state index in [-0.39, 0.29) is 5.09 Å². The molecule has 0 fully saturated rings. The maximum Gasteiger partial charge on any atom is 0.271 e. The van der Waals surface area contributed by atoms with Crippen molar-refractivity contribution in [3.63, 3.8) is 0 Å². The Labute approximate surface area is 110 Å². The van der Waals surface area contributed by atoms with Crippen LogP contribution in [0.2, 0.25) is 0 Å². The van der Waals surface area contributed by atoms with Crippen molar-refractivity contribution in [1.29, 1.82) is 0 Å². The highest BCUT2D eigenvalue weighted by Gasteiger charge is 2.13. The number of hydrogen-bond acceptors (Lipinski definition) is 6. The highest BCUT2D eigenvalue weighted by Crippen LogP contribution is 2.12. The van der Waals surface area contributed by atoms with E-state index < -0.39 is 10.0 Å². The fraction of sp³-hybridized carbons (Fsp3) is 0.364. The molecule has 0 atom stereocenters. The summed E-state index contributed by atoms with van der Waals surface area (Å²) in [6, 6.07) is 2.88. The first-order valence-electron chi connectivity index (χ1n) is 5.61. The molecular weight excluding hydrogens is 270 g/mol. The lowest BCUT2D eigenvalue weighted by Crippen LogP contribution is -2.13. The van der Waals surface area contributed by atoms with Gasteiger partial charge in [-0.15, -0.1) is 0 Å². The normalized spacial score (nSPS) is 11.9. The topological polar surface area (TPSA) is 111 Å². The molecule has 0 bridgehead atoms. The van der Waals surface area contributed by atoms with Crippen LogP contribution in [0, 0.1) is 13.8 Å². The average molecular weight is 285 g/mol. The first kappa shape index (κ1) is 13.8. The molecule has 0 radical (unpaired) electrons. The quantitative estimate of drug-likeness (QED) is 0.841. The summed E-state index contributed by atoms with van der Waals surface area (Å²) in [6.07, 6.45) is 0. The number of furan rings is 1.